The second kappa shape index (κ2) is 4.84. The van der Waals surface area contributed by atoms with Crippen molar-refractivity contribution in [3.05, 3.63) is 34.4 Å². The minimum atomic E-state index is 0.419. The fourth-order valence-electron chi connectivity index (χ4n) is 2.91. The first kappa shape index (κ1) is 14.1. The molecule has 6 heteroatoms. The van der Waals surface area contributed by atoms with Crippen LogP contribution in [0.1, 0.15) is 36.7 Å². The SMILES string of the molecule is Cc1nn(-c2cc3cn(C)nc3nc2Cl)c(C)c1C(C)C. The van der Waals surface area contributed by atoms with E-state index in [1.54, 1.807) is 4.68 Å². The molecule has 0 aliphatic heterocycles. The smallest absolute Gasteiger partial charge is 0.182 e. The minimum Gasteiger partial charge on any atom is -0.273 e. The van der Waals surface area contributed by atoms with Crippen molar-refractivity contribution in [2.75, 3.05) is 0 Å². The van der Waals surface area contributed by atoms with E-state index in [2.05, 4.69) is 36.0 Å². The molecule has 0 spiro atoms. The van der Waals surface area contributed by atoms with E-state index in [9.17, 15) is 0 Å². The summed E-state index contributed by atoms with van der Waals surface area (Å²) in [6.07, 6.45) is 1.93. The van der Waals surface area contributed by atoms with Gasteiger partial charge in [0.15, 0.2) is 10.8 Å². The normalized spacial score (nSPS) is 11.8. The monoisotopic (exact) mass is 303 g/mol. The van der Waals surface area contributed by atoms with E-state index in [1.807, 2.05) is 30.9 Å². The van der Waals surface area contributed by atoms with E-state index in [0.29, 0.717) is 16.7 Å². The van der Waals surface area contributed by atoms with Crippen molar-refractivity contribution in [1.82, 2.24) is 24.5 Å². The van der Waals surface area contributed by atoms with E-state index in [-0.39, 0.29) is 0 Å². The molecule has 0 aliphatic carbocycles. The third kappa shape index (κ3) is 2.21. The zero-order valence-corrected chi connectivity index (χ0v) is 13.6. The van der Waals surface area contributed by atoms with Gasteiger partial charge in [0.25, 0.3) is 0 Å². The van der Waals surface area contributed by atoms with Crippen molar-refractivity contribution in [1.29, 1.82) is 0 Å². The molecule has 0 N–H and O–H groups in total. The fraction of sp³-hybridized carbons (Fsp3) is 0.400. The Kier molecular flexibility index (Phi) is 3.24. The lowest BCUT2D eigenvalue weighted by molar-refractivity contribution is 0.775. The number of hydrogen-bond acceptors (Lipinski definition) is 3. The number of halogens is 1. The van der Waals surface area contributed by atoms with Gasteiger partial charge in [-0.1, -0.05) is 25.4 Å². The van der Waals surface area contributed by atoms with Crippen molar-refractivity contribution in [2.24, 2.45) is 7.05 Å². The maximum Gasteiger partial charge on any atom is 0.182 e. The van der Waals surface area contributed by atoms with Crippen LogP contribution < -0.4 is 0 Å². The van der Waals surface area contributed by atoms with Crippen LogP contribution in [0.2, 0.25) is 5.15 Å². The highest BCUT2D eigenvalue weighted by Crippen LogP contribution is 2.28. The number of pyridine rings is 1. The number of nitrogens with zero attached hydrogens (tertiary/aromatic N) is 5. The number of aromatic nitrogens is 5. The van der Waals surface area contributed by atoms with Crippen LogP contribution in [0.4, 0.5) is 0 Å². The van der Waals surface area contributed by atoms with Crippen molar-refractivity contribution in [2.45, 2.75) is 33.6 Å². The van der Waals surface area contributed by atoms with Crippen LogP contribution >= 0.6 is 11.6 Å². The lowest BCUT2D eigenvalue weighted by atomic mass is 10.0. The topological polar surface area (TPSA) is 48.5 Å². The largest absolute Gasteiger partial charge is 0.273 e. The molecule has 0 fully saturated rings. The second-order valence-corrected chi connectivity index (χ2v) is 6.02. The third-order valence-electron chi connectivity index (χ3n) is 3.70. The highest BCUT2D eigenvalue weighted by molar-refractivity contribution is 6.31. The van der Waals surface area contributed by atoms with Gasteiger partial charge in [-0.3, -0.25) is 4.68 Å². The number of fused-ring (bicyclic) bond motifs is 1. The van der Waals surface area contributed by atoms with Crippen molar-refractivity contribution < 1.29 is 0 Å². The first-order valence-corrected chi connectivity index (χ1v) is 7.32. The first-order chi connectivity index (χ1) is 9.88. The molecule has 0 aromatic carbocycles. The van der Waals surface area contributed by atoms with E-state index in [0.717, 1.165) is 22.5 Å². The molecular formula is C15H18ClN5. The summed E-state index contributed by atoms with van der Waals surface area (Å²) in [6.45, 7) is 8.44. The Morgan fingerprint density at radius 2 is 1.90 bits per heavy atom. The quantitative estimate of drug-likeness (QED) is 0.680. The lowest BCUT2D eigenvalue weighted by Crippen LogP contribution is -2.02. The second-order valence-electron chi connectivity index (χ2n) is 5.66. The van der Waals surface area contributed by atoms with E-state index in [4.69, 9.17) is 11.6 Å². The zero-order valence-electron chi connectivity index (χ0n) is 12.8. The summed E-state index contributed by atoms with van der Waals surface area (Å²) in [5.74, 6) is 0.424. The van der Waals surface area contributed by atoms with Gasteiger partial charge in [0.05, 0.1) is 5.69 Å². The highest BCUT2D eigenvalue weighted by atomic mass is 35.5. The van der Waals surface area contributed by atoms with Gasteiger partial charge in [-0.05, 0) is 31.4 Å². The van der Waals surface area contributed by atoms with Crippen molar-refractivity contribution in [3.8, 4) is 5.69 Å². The summed E-state index contributed by atoms with van der Waals surface area (Å²) in [4.78, 5) is 4.37. The maximum absolute atomic E-state index is 6.34. The van der Waals surface area contributed by atoms with Crippen molar-refractivity contribution in [3.63, 3.8) is 0 Å². The summed E-state index contributed by atoms with van der Waals surface area (Å²) < 4.78 is 3.62. The Morgan fingerprint density at radius 1 is 1.19 bits per heavy atom. The molecule has 0 atom stereocenters. The number of aryl methyl sites for hydroxylation is 2. The third-order valence-corrected chi connectivity index (χ3v) is 3.98. The lowest BCUT2D eigenvalue weighted by Gasteiger charge is -2.08. The molecule has 3 heterocycles. The molecule has 0 saturated heterocycles. The van der Waals surface area contributed by atoms with Gasteiger partial charge in [0, 0.05) is 24.3 Å². The average Bonchev–Trinajstić information content (AvgIpc) is 2.87. The summed E-state index contributed by atoms with van der Waals surface area (Å²) in [5, 5.41) is 10.3. The Hall–Kier alpha value is -1.88. The van der Waals surface area contributed by atoms with Crippen LogP contribution in [0, 0.1) is 13.8 Å². The van der Waals surface area contributed by atoms with Gasteiger partial charge < -0.3 is 0 Å². The van der Waals surface area contributed by atoms with Crippen LogP contribution in [0.5, 0.6) is 0 Å². The molecule has 5 nitrogen and oxygen atoms in total. The molecule has 3 rings (SSSR count). The molecule has 0 bridgehead atoms. The van der Waals surface area contributed by atoms with Crippen LogP contribution in [0.15, 0.2) is 12.3 Å². The highest BCUT2D eigenvalue weighted by Gasteiger charge is 2.18. The first-order valence-electron chi connectivity index (χ1n) is 6.95. The Morgan fingerprint density at radius 3 is 2.52 bits per heavy atom. The molecule has 110 valence electrons. The molecule has 21 heavy (non-hydrogen) atoms. The molecule has 0 radical (unpaired) electrons. The maximum atomic E-state index is 6.34. The minimum absolute atomic E-state index is 0.419. The van der Waals surface area contributed by atoms with Gasteiger partial charge in [-0.2, -0.15) is 10.2 Å². The predicted molar refractivity (Wildman–Crippen MR) is 84.2 cm³/mol. The Labute approximate surface area is 128 Å². The van der Waals surface area contributed by atoms with Crippen LogP contribution in [-0.2, 0) is 7.05 Å². The molecular weight excluding hydrogens is 286 g/mol. The number of rotatable bonds is 2. The van der Waals surface area contributed by atoms with Crippen molar-refractivity contribution >= 4 is 22.6 Å². The molecule has 0 unspecified atom stereocenters. The average molecular weight is 304 g/mol. The van der Waals surface area contributed by atoms with Gasteiger partial charge in [-0.25, -0.2) is 9.67 Å². The number of hydrogen-bond donors (Lipinski definition) is 0. The summed E-state index contributed by atoms with van der Waals surface area (Å²) in [7, 11) is 1.87. The molecule has 3 aromatic heterocycles. The van der Waals surface area contributed by atoms with E-state index < -0.39 is 0 Å². The standard InChI is InChI=1S/C15H18ClN5/c1-8(2)13-9(3)18-21(10(13)4)12-6-11-7-20(5)19-15(11)17-14(12)16/h6-8H,1-5H3. The fourth-order valence-corrected chi connectivity index (χ4v) is 3.13. The zero-order chi connectivity index (χ0) is 15.3. The molecule has 0 aliphatic rings. The van der Waals surface area contributed by atoms with Crippen LogP contribution in [0.25, 0.3) is 16.7 Å². The van der Waals surface area contributed by atoms with Gasteiger partial charge in [0.1, 0.15) is 5.69 Å². The van der Waals surface area contributed by atoms with Gasteiger partial charge in [-0.15, -0.1) is 0 Å². The molecule has 0 saturated carbocycles. The summed E-state index contributed by atoms with van der Waals surface area (Å²) in [6, 6.07) is 1.99. The van der Waals surface area contributed by atoms with Crippen LogP contribution in [-0.4, -0.2) is 24.5 Å². The van der Waals surface area contributed by atoms with Gasteiger partial charge >= 0.3 is 0 Å². The van der Waals surface area contributed by atoms with Crippen LogP contribution in [0.3, 0.4) is 0 Å². The summed E-state index contributed by atoms with van der Waals surface area (Å²) in [5.41, 5.74) is 4.85. The van der Waals surface area contributed by atoms with E-state index in [1.165, 1.54) is 5.56 Å². The Bertz CT molecular complexity index is 828. The van der Waals surface area contributed by atoms with Gasteiger partial charge in [0.2, 0.25) is 0 Å². The summed E-state index contributed by atoms with van der Waals surface area (Å²) >= 11 is 6.34. The Balaban J connectivity index is 2.25. The molecule has 3 aromatic rings. The van der Waals surface area contributed by atoms with E-state index >= 15 is 0 Å². The predicted octanol–water partition coefficient (Wildman–Crippen LogP) is 3.55. The molecule has 0 amide bonds.